The summed E-state index contributed by atoms with van der Waals surface area (Å²) in [6.07, 6.45) is -0.353. The number of carboxylic acids is 1. The number of carboxylic acid groups (broad SMARTS) is 1. The molecule has 1 atom stereocenters. The Morgan fingerprint density at radius 2 is 2.22 bits per heavy atom. The molecule has 1 aromatic heterocycles. The highest BCUT2D eigenvalue weighted by Crippen LogP contribution is 2.27. The quantitative estimate of drug-likeness (QED) is 0.822. The zero-order valence-corrected chi connectivity index (χ0v) is 11.1. The van der Waals surface area contributed by atoms with Crippen LogP contribution < -0.4 is 0 Å². The van der Waals surface area contributed by atoms with Crippen LogP contribution in [0, 0.1) is 0 Å². The molecule has 1 saturated heterocycles. The lowest BCUT2D eigenvalue weighted by Gasteiger charge is -2.13. The third-order valence-electron chi connectivity index (χ3n) is 2.68. The van der Waals surface area contributed by atoms with E-state index in [0.717, 1.165) is 11.3 Å². The van der Waals surface area contributed by atoms with E-state index in [1.807, 2.05) is 0 Å². The fraction of sp³-hybridized carbons (Fsp3) is 0.500. The molecule has 0 radical (unpaired) electrons. The van der Waals surface area contributed by atoms with Crippen molar-refractivity contribution in [1.82, 2.24) is 4.31 Å². The Morgan fingerprint density at radius 3 is 2.78 bits per heavy atom. The van der Waals surface area contributed by atoms with Crippen LogP contribution in [0.15, 0.2) is 16.3 Å². The molecule has 0 aromatic carbocycles. The smallest absolute Gasteiger partial charge is 0.308 e. The molecule has 1 fully saturated rings. The minimum Gasteiger partial charge on any atom is -0.481 e. The van der Waals surface area contributed by atoms with Crippen LogP contribution in [0.4, 0.5) is 0 Å². The standard InChI is InChI=1S/C10H13NO5S2/c12-7-3-4-11(6-7)18(15,16)10-2-1-8(17-10)5-9(13)14/h1-2,7,12H,3-6H2,(H,13,14). The number of carbonyl (C=O) groups is 1. The molecule has 6 nitrogen and oxygen atoms in total. The summed E-state index contributed by atoms with van der Waals surface area (Å²) in [5.41, 5.74) is 0. The van der Waals surface area contributed by atoms with E-state index in [1.165, 1.54) is 16.4 Å². The summed E-state index contributed by atoms with van der Waals surface area (Å²) in [6.45, 7) is 0.407. The molecular formula is C10H13NO5S2. The van der Waals surface area contributed by atoms with Crippen LogP contribution in [0.25, 0.3) is 0 Å². The topological polar surface area (TPSA) is 94.9 Å². The first-order valence-corrected chi connectivity index (χ1v) is 7.64. The minimum absolute atomic E-state index is 0.106. The first-order chi connectivity index (χ1) is 8.39. The number of β-amino-alcohol motifs (C(OH)–C–C–N with tert-alkyl or cyclic N) is 1. The van der Waals surface area contributed by atoms with Gasteiger partial charge in [-0.1, -0.05) is 0 Å². The number of hydrogen-bond acceptors (Lipinski definition) is 5. The third kappa shape index (κ3) is 2.72. The summed E-state index contributed by atoms with van der Waals surface area (Å²) in [4.78, 5) is 11.0. The van der Waals surface area contributed by atoms with Crippen molar-refractivity contribution < 1.29 is 23.4 Å². The maximum atomic E-state index is 12.2. The van der Waals surface area contributed by atoms with Gasteiger partial charge in [0.2, 0.25) is 0 Å². The second-order valence-corrected chi connectivity index (χ2v) is 7.43. The number of aliphatic hydroxyl groups is 1. The molecular weight excluding hydrogens is 278 g/mol. The van der Waals surface area contributed by atoms with Gasteiger partial charge >= 0.3 is 5.97 Å². The van der Waals surface area contributed by atoms with E-state index in [0.29, 0.717) is 17.8 Å². The summed E-state index contributed by atoms with van der Waals surface area (Å²) < 4.78 is 25.7. The van der Waals surface area contributed by atoms with Crippen molar-refractivity contribution in [2.45, 2.75) is 23.2 Å². The molecule has 18 heavy (non-hydrogen) atoms. The molecule has 0 saturated carbocycles. The first kappa shape index (κ1) is 13.5. The summed E-state index contributed by atoms with van der Waals surface area (Å²) in [5.74, 6) is -0.989. The third-order valence-corrected chi connectivity index (χ3v) is 6.10. The molecule has 0 amide bonds. The van der Waals surface area contributed by atoms with Crippen LogP contribution in [0.2, 0.25) is 0 Å². The van der Waals surface area contributed by atoms with Gasteiger partial charge < -0.3 is 10.2 Å². The SMILES string of the molecule is O=C(O)Cc1ccc(S(=O)(=O)N2CCC(O)C2)s1. The van der Waals surface area contributed by atoms with Crippen LogP contribution in [0.5, 0.6) is 0 Å². The number of thiophene rings is 1. The lowest BCUT2D eigenvalue weighted by molar-refractivity contribution is -0.136. The Kier molecular flexibility index (Phi) is 3.71. The summed E-state index contributed by atoms with van der Waals surface area (Å²) in [7, 11) is -3.59. The van der Waals surface area contributed by atoms with Gasteiger partial charge in [0.25, 0.3) is 10.0 Å². The maximum absolute atomic E-state index is 12.2. The monoisotopic (exact) mass is 291 g/mol. The zero-order valence-electron chi connectivity index (χ0n) is 9.44. The highest BCUT2D eigenvalue weighted by molar-refractivity contribution is 7.91. The molecule has 2 heterocycles. The van der Waals surface area contributed by atoms with E-state index in [2.05, 4.69) is 0 Å². The van der Waals surface area contributed by atoms with E-state index in [4.69, 9.17) is 5.11 Å². The molecule has 1 aliphatic rings. The van der Waals surface area contributed by atoms with Crippen LogP contribution in [-0.2, 0) is 21.2 Å². The van der Waals surface area contributed by atoms with Crippen LogP contribution in [0.1, 0.15) is 11.3 Å². The number of aliphatic carboxylic acids is 1. The predicted octanol–water partition coefficient (Wildman–Crippen LogP) is 0.130. The van der Waals surface area contributed by atoms with Gasteiger partial charge in [-0.2, -0.15) is 4.31 Å². The van der Waals surface area contributed by atoms with E-state index < -0.39 is 22.1 Å². The Hall–Kier alpha value is -0.960. The molecule has 2 rings (SSSR count). The van der Waals surface area contributed by atoms with Crippen molar-refractivity contribution in [2.75, 3.05) is 13.1 Å². The molecule has 0 aliphatic carbocycles. The van der Waals surface area contributed by atoms with Crippen LogP contribution in [0.3, 0.4) is 0 Å². The number of aliphatic hydroxyl groups excluding tert-OH is 1. The highest BCUT2D eigenvalue weighted by Gasteiger charge is 2.32. The van der Waals surface area contributed by atoms with Gasteiger partial charge in [0, 0.05) is 18.0 Å². The second-order valence-electron chi connectivity index (χ2n) is 4.10. The Labute approximate surface area is 109 Å². The van der Waals surface area contributed by atoms with Gasteiger partial charge in [-0.05, 0) is 18.6 Å². The van der Waals surface area contributed by atoms with Crippen molar-refractivity contribution in [3.8, 4) is 0 Å². The molecule has 0 bridgehead atoms. The van der Waals surface area contributed by atoms with Crippen molar-refractivity contribution >= 4 is 27.3 Å². The Morgan fingerprint density at radius 1 is 1.50 bits per heavy atom. The van der Waals surface area contributed by atoms with Gasteiger partial charge in [0.15, 0.2) is 0 Å². The summed E-state index contributed by atoms with van der Waals surface area (Å²) >= 11 is 0.964. The summed E-state index contributed by atoms with van der Waals surface area (Å²) in [6, 6.07) is 2.93. The lowest BCUT2D eigenvalue weighted by atomic mass is 10.3. The highest BCUT2D eigenvalue weighted by atomic mass is 32.2. The van der Waals surface area contributed by atoms with Crippen LogP contribution >= 0.6 is 11.3 Å². The molecule has 100 valence electrons. The van der Waals surface area contributed by atoms with Gasteiger partial charge in [-0.25, -0.2) is 8.42 Å². The van der Waals surface area contributed by atoms with Gasteiger partial charge in [-0.15, -0.1) is 11.3 Å². The molecule has 1 aromatic rings. The Balaban J connectivity index is 2.20. The van der Waals surface area contributed by atoms with Gasteiger partial charge in [0.1, 0.15) is 4.21 Å². The Bertz CT molecular complexity index is 550. The van der Waals surface area contributed by atoms with E-state index >= 15 is 0 Å². The molecule has 0 spiro atoms. The number of rotatable bonds is 4. The van der Waals surface area contributed by atoms with E-state index in [1.54, 1.807) is 0 Å². The average molecular weight is 291 g/mol. The molecule has 8 heteroatoms. The first-order valence-electron chi connectivity index (χ1n) is 5.38. The van der Waals surface area contributed by atoms with Gasteiger partial charge in [-0.3, -0.25) is 4.79 Å². The van der Waals surface area contributed by atoms with Crippen molar-refractivity contribution in [1.29, 1.82) is 0 Å². The summed E-state index contributed by atoms with van der Waals surface area (Å²) in [5, 5.41) is 18.0. The minimum atomic E-state index is -3.59. The maximum Gasteiger partial charge on any atom is 0.308 e. The fourth-order valence-corrected chi connectivity index (χ4v) is 4.79. The predicted molar refractivity (Wildman–Crippen MR) is 65.0 cm³/mol. The molecule has 1 aliphatic heterocycles. The molecule has 1 unspecified atom stereocenters. The number of nitrogens with zero attached hydrogens (tertiary/aromatic N) is 1. The second kappa shape index (κ2) is 4.96. The number of sulfonamides is 1. The van der Waals surface area contributed by atoms with Gasteiger partial charge in [0.05, 0.1) is 12.5 Å². The van der Waals surface area contributed by atoms with E-state index in [-0.39, 0.29) is 17.2 Å². The lowest BCUT2D eigenvalue weighted by Crippen LogP contribution is -2.29. The zero-order chi connectivity index (χ0) is 13.3. The van der Waals surface area contributed by atoms with Crippen molar-refractivity contribution in [3.05, 3.63) is 17.0 Å². The van der Waals surface area contributed by atoms with Crippen molar-refractivity contribution in [3.63, 3.8) is 0 Å². The average Bonchev–Trinajstić information content (AvgIpc) is 2.86. The van der Waals surface area contributed by atoms with E-state index in [9.17, 15) is 18.3 Å². The fourth-order valence-electron chi connectivity index (χ4n) is 1.80. The number of hydrogen-bond donors (Lipinski definition) is 2. The molecule has 2 N–H and O–H groups in total. The van der Waals surface area contributed by atoms with Crippen LogP contribution in [-0.4, -0.2) is 48.1 Å². The van der Waals surface area contributed by atoms with Crippen molar-refractivity contribution in [2.24, 2.45) is 0 Å². The largest absolute Gasteiger partial charge is 0.481 e. The normalized spacial score (nSPS) is 21.3.